The number of nitrogens with zero attached hydrogens (tertiary/aromatic N) is 2. The van der Waals surface area contributed by atoms with Crippen LogP contribution in [0.1, 0.15) is 51.0 Å². The minimum Gasteiger partial charge on any atom is -0.460 e. The molecule has 4 saturated carbocycles. The number of benzene rings is 1. The van der Waals surface area contributed by atoms with Gasteiger partial charge in [-0.1, -0.05) is 18.2 Å². The van der Waals surface area contributed by atoms with Gasteiger partial charge in [-0.15, -0.1) is 0 Å². The summed E-state index contributed by atoms with van der Waals surface area (Å²) in [5.74, 6) is 0.922. The summed E-state index contributed by atoms with van der Waals surface area (Å²) < 4.78 is 7.60. The molecule has 4 aliphatic rings. The van der Waals surface area contributed by atoms with Crippen molar-refractivity contribution in [3.8, 4) is 5.69 Å². The molecule has 152 valence electrons. The Morgan fingerprint density at radius 1 is 1.17 bits per heavy atom. The Hall–Kier alpha value is -2.63. The minimum absolute atomic E-state index is 0.00351. The van der Waals surface area contributed by atoms with Gasteiger partial charge < -0.3 is 10.1 Å². The first-order chi connectivity index (χ1) is 14.0. The van der Waals surface area contributed by atoms with Gasteiger partial charge in [0.05, 0.1) is 17.3 Å². The number of amides is 1. The van der Waals surface area contributed by atoms with Crippen molar-refractivity contribution in [2.24, 2.45) is 17.3 Å². The van der Waals surface area contributed by atoms with Gasteiger partial charge in [0.2, 0.25) is 5.91 Å². The van der Waals surface area contributed by atoms with Crippen molar-refractivity contribution in [2.75, 3.05) is 0 Å². The fraction of sp³-hybridized carbons (Fsp3) is 0.522. The van der Waals surface area contributed by atoms with Crippen LogP contribution in [-0.4, -0.2) is 27.2 Å². The van der Waals surface area contributed by atoms with E-state index in [0.717, 1.165) is 36.9 Å². The highest BCUT2D eigenvalue weighted by molar-refractivity contribution is 5.79. The molecule has 4 fully saturated rings. The molecule has 29 heavy (non-hydrogen) atoms. The van der Waals surface area contributed by atoms with E-state index in [1.165, 1.54) is 6.42 Å². The standard InChI is InChI=1S/C23H27N3O3/c1-16(27)25-23-10-17-7-18(11-23)9-22(8-17,15-23)21(28)29-14-19-12-24-26(13-19)20-5-3-2-4-6-20/h2-6,12-13,17-18H,7-11,14-15H2,1H3,(H,25,27). The molecule has 2 atom stereocenters. The zero-order chi connectivity index (χ0) is 20.1. The molecule has 0 aliphatic heterocycles. The van der Waals surface area contributed by atoms with Crippen LogP contribution in [0.5, 0.6) is 0 Å². The van der Waals surface area contributed by atoms with Gasteiger partial charge in [0.25, 0.3) is 0 Å². The predicted octanol–water partition coefficient (Wildman–Crippen LogP) is 3.39. The third-order valence-corrected chi connectivity index (χ3v) is 6.96. The molecule has 2 unspecified atom stereocenters. The summed E-state index contributed by atoms with van der Waals surface area (Å²) in [5.41, 5.74) is 1.20. The molecule has 4 bridgehead atoms. The summed E-state index contributed by atoms with van der Waals surface area (Å²) in [7, 11) is 0. The van der Waals surface area contributed by atoms with E-state index in [2.05, 4.69) is 10.4 Å². The minimum atomic E-state index is -0.443. The van der Waals surface area contributed by atoms with Crippen molar-refractivity contribution < 1.29 is 14.3 Å². The molecule has 1 N–H and O–H groups in total. The summed E-state index contributed by atoms with van der Waals surface area (Å²) in [5, 5.41) is 7.58. The Kier molecular flexibility index (Phi) is 4.26. The van der Waals surface area contributed by atoms with E-state index in [-0.39, 0.29) is 24.0 Å². The number of hydrogen-bond donors (Lipinski definition) is 1. The fourth-order valence-corrected chi connectivity index (χ4v) is 6.48. The third kappa shape index (κ3) is 3.34. The topological polar surface area (TPSA) is 73.2 Å². The zero-order valence-electron chi connectivity index (χ0n) is 16.8. The quantitative estimate of drug-likeness (QED) is 0.791. The van der Waals surface area contributed by atoms with E-state index < -0.39 is 5.41 Å². The molecule has 4 aliphatic carbocycles. The maximum atomic E-state index is 13.2. The molecule has 0 radical (unpaired) electrons. The molecule has 2 aromatic rings. The number of carbonyl (C=O) groups excluding carboxylic acids is 2. The van der Waals surface area contributed by atoms with E-state index >= 15 is 0 Å². The summed E-state index contributed by atoms with van der Waals surface area (Å²) in [6.45, 7) is 1.81. The monoisotopic (exact) mass is 393 g/mol. The number of rotatable bonds is 5. The molecule has 1 aromatic carbocycles. The molecule has 1 heterocycles. The maximum Gasteiger partial charge on any atom is 0.312 e. The number of carbonyl (C=O) groups is 2. The summed E-state index contributed by atoms with van der Waals surface area (Å²) in [6, 6.07) is 9.87. The Morgan fingerprint density at radius 2 is 1.90 bits per heavy atom. The van der Waals surface area contributed by atoms with Crippen LogP contribution in [0.15, 0.2) is 42.7 Å². The van der Waals surface area contributed by atoms with Gasteiger partial charge in [0, 0.05) is 24.2 Å². The van der Waals surface area contributed by atoms with E-state index in [1.807, 2.05) is 36.5 Å². The van der Waals surface area contributed by atoms with Crippen molar-refractivity contribution in [3.05, 3.63) is 48.3 Å². The van der Waals surface area contributed by atoms with Gasteiger partial charge in [-0.3, -0.25) is 9.59 Å². The van der Waals surface area contributed by atoms with Crippen LogP contribution in [0.4, 0.5) is 0 Å². The molecule has 6 rings (SSSR count). The lowest BCUT2D eigenvalue weighted by Gasteiger charge is -2.60. The van der Waals surface area contributed by atoms with Crippen molar-refractivity contribution in [1.29, 1.82) is 0 Å². The van der Waals surface area contributed by atoms with Crippen molar-refractivity contribution >= 4 is 11.9 Å². The Balaban J connectivity index is 1.29. The van der Waals surface area contributed by atoms with E-state index in [9.17, 15) is 9.59 Å². The molecule has 1 aromatic heterocycles. The largest absolute Gasteiger partial charge is 0.460 e. The van der Waals surface area contributed by atoms with Gasteiger partial charge in [0.15, 0.2) is 0 Å². The average Bonchev–Trinajstić information content (AvgIpc) is 3.14. The Morgan fingerprint density at radius 3 is 2.59 bits per heavy atom. The van der Waals surface area contributed by atoms with Gasteiger partial charge >= 0.3 is 5.97 Å². The van der Waals surface area contributed by atoms with Crippen LogP contribution in [0, 0.1) is 17.3 Å². The molecule has 6 nitrogen and oxygen atoms in total. The third-order valence-electron chi connectivity index (χ3n) is 6.96. The number of para-hydroxylation sites is 1. The maximum absolute atomic E-state index is 13.2. The second-order valence-electron chi connectivity index (χ2n) is 9.41. The van der Waals surface area contributed by atoms with Crippen molar-refractivity contribution in [3.63, 3.8) is 0 Å². The number of esters is 1. The lowest BCUT2D eigenvalue weighted by atomic mass is 9.47. The summed E-state index contributed by atoms with van der Waals surface area (Å²) in [6.07, 6.45) is 9.35. The van der Waals surface area contributed by atoms with E-state index in [4.69, 9.17) is 4.74 Å². The molecule has 6 heteroatoms. The van der Waals surface area contributed by atoms with Crippen LogP contribution in [0.25, 0.3) is 5.69 Å². The highest BCUT2D eigenvalue weighted by Gasteiger charge is 2.61. The highest BCUT2D eigenvalue weighted by atomic mass is 16.5. The Labute approximate surface area is 170 Å². The molecule has 0 saturated heterocycles. The average molecular weight is 393 g/mol. The SMILES string of the molecule is CC(=O)NC12CC3CC(C1)CC(C(=O)OCc1cnn(-c4ccccc4)c1)(C3)C2. The van der Waals surface area contributed by atoms with E-state index in [0.29, 0.717) is 18.3 Å². The van der Waals surface area contributed by atoms with Gasteiger partial charge in [-0.05, 0) is 62.5 Å². The first kappa shape index (κ1) is 18.4. The lowest BCUT2D eigenvalue weighted by molar-refractivity contribution is -0.177. The lowest BCUT2D eigenvalue weighted by Crippen LogP contribution is -2.64. The fourth-order valence-electron chi connectivity index (χ4n) is 6.48. The number of hydrogen-bond acceptors (Lipinski definition) is 4. The van der Waals surface area contributed by atoms with E-state index in [1.54, 1.807) is 17.8 Å². The van der Waals surface area contributed by atoms with Crippen LogP contribution in [-0.2, 0) is 20.9 Å². The van der Waals surface area contributed by atoms with Gasteiger partial charge in [-0.25, -0.2) is 4.68 Å². The highest BCUT2D eigenvalue weighted by Crippen LogP contribution is 2.62. The molecular weight excluding hydrogens is 366 g/mol. The zero-order valence-corrected chi connectivity index (χ0v) is 16.8. The van der Waals surface area contributed by atoms with Crippen LogP contribution >= 0.6 is 0 Å². The Bertz CT molecular complexity index is 922. The number of aromatic nitrogens is 2. The first-order valence-electron chi connectivity index (χ1n) is 10.5. The first-order valence-corrected chi connectivity index (χ1v) is 10.5. The van der Waals surface area contributed by atoms with Gasteiger partial charge in [-0.2, -0.15) is 5.10 Å². The second-order valence-corrected chi connectivity index (χ2v) is 9.41. The molecular formula is C23H27N3O3. The van der Waals surface area contributed by atoms with Gasteiger partial charge in [0.1, 0.15) is 6.61 Å². The predicted molar refractivity (Wildman–Crippen MR) is 107 cm³/mol. The molecule has 1 amide bonds. The second kappa shape index (κ2) is 6.71. The van der Waals surface area contributed by atoms with Crippen LogP contribution in [0.3, 0.4) is 0 Å². The number of nitrogens with one attached hydrogen (secondary N) is 1. The summed E-state index contributed by atoms with van der Waals surface area (Å²) in [4.78, 5) is 25.0. The van der Waals surface area contributed by atoms with Crippen LogP contribution < -0.4 is 5.32 Å². The normalized spacial score (nSPS) is 32.2. The van der Waals surface area contributed by atoms with Crippen LogP contribution in [0.2, 0.25) is 0 Å². The summed E-state index contributed by atoms with van der Waals surface area (Å²) >= 11 is 0. The smallest absolute Gasteiger partial charge is 0.312 e. The van der Waals surface area contributed by atoms with Crippen molar-refractivity contribution in [1.82, 2.24) is 15.1 Å². The number of ether oxygens (including phenoxy) is 1. The van der Waals surface area contributed by atoms with Crippen molar-refractivity contribution in [2.45, 2.75) is 57.6 Å². The molecule has 0 spiro atoms.